The highest BCUT2D eigenvalue weighted by Gasteiger charge is 2.04. The fraction of sp³-hybridized carbons (Fsp3) is 0.643. The number of furan rings is 1. The monoisotopic (exact) mass is 269 g/mol. The Kier molecular flexibility index (Phi) is 7.93. The van der Waals surface area contributed by atoms with E-state index in [1.54, 1.807) is 13.2 Å². The standard InChI is InChI=1S/C14H23NO4/c1-3-18-14(16)11-17-10-8-15-12(2)6-7-13-5-4-9-19-13/h4-5,9,12,15H,3,6-8,10-11H2,1-2H3. The van der Waals surface area contributed by atoms with Gasteiger partial charge in [0.25, 0.3) is 0 Å². The molecule has 108 valence electrons. The van der Waals surface area contributed by atoms with Gasteiger partial charge in [0, 0.05) is 19.0 Å². The molecule has 0 saturated heterocycles. The van der Waals surface area contributed by atoms with E-state index in [0.29, 0.717) is 19.3 Å². The second-order valence-corrected chi connectivity index (χ2v) is 4.33. The number of aryl methyl sites for hydroxylation is 1. The van der Waals surface area contributed by atoms with Gasteiger partial charge in [0.15, 0.2) is 0 Å². The van der Waals surface area contributed by atoms with Crippen molar-refractivity contribution in [2.75, 3.05) is 26.4 Å². The number of hydrogen-bond donors (Lipinski definition) is 1. The van der Waals surface area contributed by atoms with Crippen molar-refractivity contribution in [3.63, 3.8) is 0 Å². The van der Waals surface area contributed by atoms with Gasteiger partial charge in [0.2, 0.25) is 0 Å². The summed E-state index contributed by atoms with van der Waals surface area (Å²) in [7, 11) is 0. The fourth-order valence-corrected chi connectivity index (χ4v) is 1.65. The summed E-state index contributed by atoms with van der Waals surface area (Å²) in [5, 5.41) is 3.33. The first-order valence-corrected chi connectivity index (χ1v) is 6.71. The summed E-state index contributed by atoms with van der Waals surface area (Å²) < 4.78 is 15.2. The van der Waals surface area contributed by atoms with Crippen LogP contribution >= 0.6 is 0 Å². The summed E-state index contributed by atoms with van der Waals surface area (Å²) in [6.07, 6.45) is 3.62. The van der Waals surface area contributed by atoms with Crippen molar-refractivity contribution in [1.29, 1.82) is 0 Å². The third-order valence-corrected chi connectivity index (χ3v) is 2.67. The highest BCUT2D eigenvalue weighted by atomic mass is 16.6. The van der Waals surface area contributed by atoms with Crippen molar-refractivity contribution in [3.8, 4) is 0 Å². The molecule has 1 atom stereocenters. The van der Waals surface area contributed by atoms with Crippen LogP contribution in [0.25, 0.3) is 0 Å². The molecule has 0 radical (unpaired) electrons. The molecule has 1 aromatic rings. The molecular formula is C14H23NO4. The van der Waals surface area contributed by atoms with Crippen molar-refractivity contribution in [1.82, 2.24) is 5.32 Å². The highest BCUT2D eigenvalue weighted by molar-refractivity contribution is 5.70. The van der Waals surface area contributed by atoms with Crippen molar-refractivity contribution < 1.29 is 18.7 Å². The minimum atomic E-state index is -0.312. The zero-order chi connectivity index (χ0) is 13.9. The van der Waals surface area contributed by atoms with Crippen LogP contribution < -0.4 is 5.32 Å². The number of ether oxygens (including phenoxy) is 2. The van der Waals surface area contributed by atoms with E-state index in [9.17, 15) is 4.79 Å². The number of carbonyl (C=O) groups is 1. The lowest BCUT2D eigenvalue weighted by Gasteiger charge is -2.12. The average molecular weight is 269 g/mol. The van der Waals surface area contributed by atoms with Gasteiger partial charge in [0.05, 0.1) is 19.5 Å². The Labute approximate surface area is 114 Å². The molecule has 0 aliphatic rings. The normalized spacial score (nSPS) is 12.3. The Morgan fingerprint density at radius 1 is 1.53 bits per heavy atom. The van der Waals surface area contributed by atoms with Gasteiger partial charge in [-0.1, -0.05) is 0 Å². The van der Waals surface area contributed by atoms with Gasteiger partial charge in [-0.05, 0) is 32.4 Å². The molecule has 0 fully saturated rings. The van der Waals surface area contributed by atoms with Crippen molar-refractivity contribution in [2.24, 2.45) is 0 Å². The topological polar surface area (TPSA) is 60.7 Å². The van der Waals surface area contributed by atoms with Gasteiger partial charge in [-0.15, -0.1) is 0 Å². The maximum atomic E-state index is 11.0. The van der Waals surface area contributed by atoms with Crippen LogP contribution in [0, 0.1) is 0 Å². The van der Waals surface area contributed by atoms with Gasteiger partial charge >= 0.3 is 5.97 Å². The Morgan fingerprint density at radius 2 is 2.37 bits per heavy atom. The van der Waals surface area contributed by atoms with Crippen LogP contribution in [0.3, 0.4) is 0 Å². The van der Waals surface area contributed by atoms with E-state index in [1.165, 1.54) is 0 Å². The van der Waals surface area contributed by atoms with Crippen LogP contribution in [-0.4, -0.2) is 38.4 Å². The molecule has 1 unspecified atom stereocenters. The molecule has 0 aromatic carbocycles. The average Bonchev–Trinajstić information content (AvgIpc) is 2.89. The third-order valence-electron chi connectivity index (χ3n) is 2.67. The van der Waals surface area contributed by atoms with Gasteiger partial charge in [-0.2, -0.15) is 0 Å². The summed E-state index contributed by atoms with van der Waals surface area (Å²) >= 11 is 0. The number of esters is 1. The maximum Gasteiger partial charge on any atom is 0.332 e. The van der Waals surface area contributed by atoms with Crippen molar-refractivity contribution in [2.45, 2.75) is 32.7 Å². The number of rotatable bonds is 10. The molecular weight excluding hydrogens is 246 g/mol. The number of hydrogen-bond acceptors (Lipinski definition) is 5. The summed E-state index contributed by atoms with van der Waals surface area (Å²) in [6, 6.07) is 4.27. The molecule has 1 rings (SSSR count). The third kappa shape index (κ3) is 7.64. The van der Waals surface area contributed by atoms with Gasteiger partial charge < -0.3 is 19.2 Å². The zero-order valence-corrected chi connectivity index (χ0v) is 11.7. The first-order chi connectivity index (χ1) is 9.22. The maximum absolute atomic E-state index is 11.0. The van der Waals surface area contributed by atoms with Crippen LogP contribution in [0.4, 0.5) is 0 Å². The van der Waals surface area contributed by atoms with Crippen LogP contribution in [0.5, 0.6) is 0 Å². The van der Waals surface area contributed by atoms with Crippen LogP contribution in [-0.2, 0) is 20.7 Å². The van der Waals surface area contributed by atoms with Crippen LogP contribution in [0.2, 0.25) is 0 Å². The zero-order valence-electron chi connectivity index (χ0n) is 11.7. The molecule has 0 aliphatic heterocycles. The molecule has 5 nitrogen and oxygen atoms in total. The lowest BCUT2D eigenvalue weighted by atomic mass is 10.1. The van der Waals surface area contributed by atoms with Gasteiger partial charge in [-0.25, -0.2) is 4.79 Å². The second kappa shape index (κ2) is 9.58. The second-order valence-electron chi connectivity index (χ2n) is 4.33. The first kappa shape index (κ1) is 15.7. The Bertz CT molecular complexity index is 337. The van der Waals surface area contributed by atoms with E-state index in [4.69, 9.17) is 13.9 Å². The summed E-state index contributed by atoms with van der Waals surface area (Å²) in [6.45, 7) is 5.54. The minimum Gasteiger partial charge on any atom is -0.469 e. The quantitative estimate of drug-likeness (QED) is 0.518. The predicted molar refractivity (Wildman–Crippen MR) is 71.9 cm³/mol. The predicted octanol–water partition coefficient (Wildman–Crippen LogP) is 1.77. The molecule has 1 heterocycles. The Balaban J connectivity index is 1.95. The van der Waals surface area contributed by atoms with E-state index in [1.807, 2.05) is 12.1 Å². The number of nitrogens with one attached hydrogen (secondary N) is 1. The SMILES string of the molecule is CCOC(=O)COCCNC(C)CCc1ccco1. The molecule has 5 heteroatoms. The van der Waals surface area contributed by atoms with Gasteiger partial charge in [0.1, 0.15) is 12.4 Å². The lowest BCUT2D eigenvalue weighted by molar-refractivity contribution is -0.148. The number of carbonyl (C=O) groups excluding carboxylic acids is 1. The summed E-state index contributed by atoms with van der Waals surface area (Å²) in [5.74, 6) is 0.695. The van der Waals surface area contributed by atoms with E-state index >= 15 is 0 Å². The molecule has 0 bridgehead atoms. The highest BCUT2D eigenvalue weighted by Crippen LogP contribution is 2.05. The minimum absolute atomic E-state index is 0.0241. The fourth-order valence-electron chi connectivity index (χ4n) is 1.65. The molecule has 19 heavy (non-hydrogen) atoms. The largest absolute Gasteiger partial charge is 0.469 e. The van der Waals surface area contributed by atoms with Crippen LogP contribution in [0.15, 0.2) is 22.8 Å². The smallest absolute Gasteiger partial charge is 0.332 e. The molecule has 0 amide bonds. The van der Waals surface area contributed by atoms with Gasteiger partial charge in [-0.3, -0.25) is 0 Å². The molecule has 1 aromatic heterocycles. The molecule has 0 aliphatic carbocycles. The Morgan fingerprint density at radius 3 is 3.05 bits per heavy atom. The Hall–Kier alpha value is -1.33. The van der Waals surface area contributed by atoms with E-state index in [0.717, 1.165) is 25.1 Å². The molecule has 0 spiro atoms. The van der Waals surface area contributed by atoms with Crippen LogP contribution in [0.1, 0.15) is 26.0 Å². The first-order valence-electron chi connectivity index (χ1n) is 6.71. The lowest BCUT2D eigenvalue weighted by Crippen LogP contribution is -2.30. The molecule has 1 N–H and O–H groups in total. The van der Waals surface area contributed by atoms with E-state index in [2.05, 4.69) is 12.2 Å². The van der Waals surface area contributed by atoms with Crippen molar-refractivity contribution in [3.05, 3.63) is 24.2 Å². The van der Waals surface area contributed by atoms with E-state index < -0.39 is 0 Å². The summed E-state index contributed by atoms with van der Waals surface area (Å²) in [5.41, 5.74) is 0. The van der Waals surface area contributed by atoms with E-state index in [-0.39, 0.29) is 12.6 Å². The van der Waals surface area contributed by atoms with Crippen molar-refractivity contribution >= 4 is 5.97 Å². The summed E-state index contributed by atoms with van der Waals surface area (Å²) in [4.78, 5) is 11.0. The molecule has 0 saturated carbocycles.